The van der Waals surface area contributed by atoms with Gasteiger partial charge in [-0.05, 0) is 20.3 Å². The van der Waals surface area contributed by atoms with Gasteiger partial charge in [0.2, 0.25) is 11.8 Å². The number of rotatable bonds is 3. The van der Waals surface area contributed by atoms with Crippen molar-refractivity contribution in [3.05, 3.63) is 0 Å². The standard InChI is InChI=1S/C9H14N2O4/c1-9(2,8(14)15)7(13)11-4-3-5(11)6(10)12/h5H,3-4H2,1-2H3,(H2,10,12)(H,14,15). The molecule has 0 bridgehead atoms. The Bertz CT molecular complexity index is 324. The monoisotopic (exact) mass is 214 g/mol. The first kappa shape index (κ1) is 11.5. The van der Waals surface area contributed by atoms with E-state index >= 15 is 0 Å². The predicted molar refractivity (Wildman–Crippen MR) is 50.7 cm³/mol. The average molecular weight is 214 g/mol. The highest BCUT2D eigenvalue weighted by atomic mass is 16.4. The van der Waals surface area contributed by atoms with Gasteiger partial charge in [0.05, 0.1) is 0 Å². The Balaban J connectivity index is 2.78. The van der Waals surface area contributed by atoms with Crippen molar-refractivity contribution in [2.75, 3.05) is 6.54 Å². The molecule has 0 aliphatic carbocycles. The summed E-state index contributed by atoms with van der Waals surface area (Å²) in [6.07, 6.45) is 0.511. The van der Waals surface area contributed by atoms with Crippen molar-refractivity contribution in [3.63, 3.8) is 0 Å². The van der Waals surface area contributed by atoms with E-state index in [0.29, 0.717) is 13.0 Å². The van der Waals surface area contributed by atoms with Crippen LogP contribution in [0.5, 0.6) is 0 Å². The molecule has 6 heteroatoms. The molecule has 1 aliphatic rings. The van der Waals surface area contributed by atoms with E-state index in [1.165, 1.54) is 18.7 Å². The second-order valence-electron chi connectivity index (χ2n) is 4.14. The number of carboxylic acid groups (broad SMARTS) is 1. The summed E-state index contributed by atoms with van der Waals surface area (Å²) < 4.78 is 0. The van der Waals surface area contributed by atoms with Crippen LogP contribution in [0.3, 0.4) is 0 Å². The number of hydrogen-bond acceptors (Lipinski definition) is 3. The minimum atomic E-state index is -1.51. The summed E-state index contributed by atoms with van der Waals surface area (Å²) in [5, 5.41) is 8.84. The summed E-state index contributed by atoms with van der Waals surface area (Å²) in [5.41, 5.74) is 3.56. The number of carboxylic acids is 1. The number of likely N-dealkylation sites (tertiary alicyclic amines) is 1. The van der Waals surface area contributed by atoms with Gasteiger partial charge in [0, 0.05) is 6.54 Å². The van der Waals surface area contributed by atoms with Gasteiger partial charge in [-0.25, -0.2) is 0 Å². The second kappa shape index (κ2) is 3.52. The van der Waals surface area contributed by atoms with Crippen LogP contribution >= 0.6 is 0 Å². The molecule has 1 fully saturated rings. The molecule has 0 radical (unpaired) electrons. The number of carbonyl (C=O) groups excluding carboxylic acids is 2. The van der Waals surface area contributed by atoms with Crippen molar-refractivity contribution in [1.82, 2.24) is 4.90 Å². The summed E-state index contributed by atoms with van der Waals surface area (Å²) in [7, 11) is 0. The highest BCUT2D eigenvalue weighted by molar-refractivity contribution is 6.03. The maximum atomic E-state index is 11.7. The molecular formula is C9H14N2O4. The second-order valence-corrected chi connectivity index (χ2v) is 4.14. The molecule has 84 valence electrons. The van der Waals surface area contributed by atoms with E-state index in [0.717, 1.165) is 0 Å². The van der Waals surface area contributed by atoms with Crippen molar-refractivity contribution in [3.8, 4) is 0 Å². The lowest BCUT2D eigenvalue weighted by atomic mass is 9.88. The van der Waals surface area contributed by atoms with Crippen LogP contribution in [0.15, 0.2) is 0 Å². The molecule has 0 saturated carbocycles. The van der Waals surface area contributed by atoms with Gasteiger partial charge in [-0.2, -0.15) is 0 Å². The first-order valence-corrected chi connectivity index (χ1v) is 4.62. The number of carbonyl (C=O) groups is 3. The van der Waals surface area contributed by atoms with Crippen LogP contribution < -0.4 is 5.73 Å². The largest absolute Gasteiger partial charge is 0.480 e. The van der Waals surface area contributed by atoms with Crippen molar-refractivity contribution in [2.45, 2.75) is 26.3 Å². The minimum Gasteiger partial charge on any atom is -0.480 e. The van der Waals surface area contributed by atoms with Crippen LogP contribution in [-0.2, 0) is 14.4 Å². The SMILES string of the molecule is CC(C)(C(=O)O)C(=O)N1CCC1C(N)=O. The molecule has 1 saturated heterocycles. The summed E-state index contributed by atoms with van der Waals surface area (Å²) >= 11 is 0. The molecule has 3 N–H and O–H groups in total. The zero-order chi connectivity index (χ0) is 11.8. The van der Waals surface area contributed by atoms with E-state index in [2.05, 4.69) is 0 Å². The fourth-order valence-electron chi connectivity index (χ4n) is 1.38. The van der Waals surface area contributed by atoms with Crippen LogP contribution in [0.2, 0.25) is 0 Å². The molecule has 1 unspecified atom stereocenters. The number of nitrogens with zero attached hydrogens (tertiary/aromatic N) is 1. The Hall–Kier alpha value is -1.59. The summed E-state index contributed by atoms with van der Waals surface area (Å²) in [4.78, 5) is 34.7. The lowest BCUT2D eigenvalue weighted by molar-refractivity contribution is -0.164. The predicted octanol–water partition coefficient (Wildman–Crippen LogP) is -0.817. The zero-order valence-corrected chi connectivity index (χ0v) is 8.69. The minimum absolute atomic E-state index is 0.392. The van der Waals surface area contributed by atoms with Gasteiger partial charge in [0.1, 0.15) is 11.5 Å². The number of amides is 2. The van der Waals surface area contributed by atoms with Crippen LogP contribution in [0, 0.1) is 5.41 Å². The van der Waals surface area contributed by atoms with Crippen molar-refractivity contribution < 1.29 is 19.5 Å². The molecule has 0 aromatic rings. The third-order valence-electron chi connectivity index (χ3n) is 2.68. The van der Waals surface area contributed by atoms with E-state index in [4.69, 9.17) is 10.8 Å². The Kier molecular flexibility index (Phi) is 2.70. The van der Waals surface area contributed by atoms with Crippen LogP contribution in [0.1, 0.15) is 20.3 Å². The first-order valence-electron chi connectivity index (χ1n) is 4.62. The Morgan fingerprint density at radius 3 is 2.20 bits per heavy atom. The smallest absolute Gasteiger partial charge is 0.318 e. The van der Waals surface area contributed by atoms with Gasteiger partial charge in [0.15, 0.2) is 0 Å². The van der Waals surface area contributed by atoms with Gasteiger partial charge < -0.3 is 15.7 Å². The molecule has 6 nitrogen and oxygen atoms in total. The van der Waals surface area contributed by atoms with Crippen LogP contribution in [-0.4, -0.2) is 40.4 Å². The van der Waals surface area contributed by atoms with E-state index in [-0.39, 0.29) is 0 Å². The Morgan fingerprint density at radius 2 is 1.93 bits per heavy atom. The lowest BCUT2D eigenvalue weighted by Crippen LogP contribution is -2.61. The molecule has 1 aliphatic heterocycles. The van der Waals surface area contributed by atoms with Crippen molar-refractivity contribution in [2.24, 2.45) is 11.1 Å². The quantitative estimate of drug-likeness (QED) is 0.599. The van der Waals surface area contributed by atoms with E-state index in [1.807, 2.05) is 0 Å². The van der Waals surface area contributed by atoms with Crippen LogP contribution in [0.4, 0.5) is 0 Å². The third kappa shape index (κ3) is 1.79. The fraction of sp³-hybridized carbons (Fsp3) is 0.667. The number of primary amides is 1. The maximum absolute atomic E-state index is 11.7. The van der Waals surface area contributed by atoms with Gasteiger partial charge in [-0.15, -0.1) is 0 Å². The molecule has 15 heavy (non-hydrogen) atoms. The third-order valence-corrected chi connectivity index (χ3v) is 2.68. The number of aliphatic carboxylic acids is 1. The number of hydrogen-bond donors (Lipinski definition) is 2. The zero-order valence-electron chi connectivity index (χ0n) is 8.69. The lowest BCUT2D eigenvalue weighted by Gasteiger charge is -2.41. The Morgan fingerprint density at radius 1 is 1.40 bits per heavy atom. The summed E-state index contributed by atoms with van der Waals surface area (Å²) in [6.45, 7) is 3.02. The molecule has 0 spiro atoms. The molecule has 1 atom stereocenters. The first-order chi connectivity index (χ1) is 6.78. The van der Waals surface area contributed by atoms with E-state index < -0.39 is 29.2 Å². The van der Waals surface area contributed by atoms with Gasteiger partial charge in [-0.1, -0.05) is 0 Å². The Labute approximate surface area is 87.0 Å². The average Bonchev–Trinajstić information content (AvgIpc) is 2.00. The summed E-state index contributed by atoms with van der Waals surface area (Å²) in [6, 6.07) is -0.642. The summed E-state index contributed by atoms with van der Waals surface area (Å²) in [5.74, 6) is -2.36. The normalized spacial score (nSPS) is 20.7. The molecular weight excluding hydrogens is 200 g/mol. The molecule has 1 heterocycles. The van der Waals surface area contributed by atoms with Gasteiger partial charge in [-0.3, -0.25) is 14.4 Å². The van der Waals surface area contributed by atoms with Gasteiger partial charge >= 0.3 is 5.97 Å². The van der Waals surface area contributed by atoms with Crippen LogP contribution in [0.25, 0.3) is 0 Å². The molecule has 1 rings (SSSR count). The fourth-order valence-corrected chi connectivity index (χ4v) is 1.38. The highest BCUT2D eigenvalue weighted by Gasteiger charge is 2.46. The topological polar surface area (TPSA) is 101 Å². The highest BCUT2D eigenvalue weighted by Crippen LogP contribution is 2.26. The molecule has 2 amide bonds. The van der Waals surface area contributed by atoms with E-state index in [1.54, 1.807) is 0 Å². The van der Waals surface area contributed by atoms with Gasteiger partial charge in [0.25, 0.3) is 0 Å². The van der Waals surface area contributed by atoms with Crippen molar-refractivity contribution >= 4 is 17.8 Å². The van der Waals surface area contributed by atoms with Crippen molar-refractivity contribution in [1.29, 1.82) is 0 Å². The maximum Gasteiger partial charge on any atom is 0.318 e. The van der Waals surface area contributed by atoms with E-state index in [9.17, 15) is 14.4 Å². The molecule has 0 aromatic carbocycles. The number of nitrogens with two attached hydrogens (primary N) is 1. The molecule has 0 aromatic heterocycles.